The van der Waals surface area contributed by atoms with E-state index >= 15 is 0 Å². The molecule has 3 rings (SSSR count). The molecule has 4 heteroatoms. The topological polar surface area (TPSA) is 38.0 Å². The molecular formula is C17H17BrN2S. The van der Waals surface area contributed by atoms with Crippen molar-refractivity contribution in [3.05, 3.63) is 69.0 Å². The number of hydrazine groups is 1. The van der Waals surface area contributed by atoms with Crippen molar-refractivity contribution in [1.82, 2.24) is 5.43 Å². The molecule has 0 saturated carbocycles. The van der Waals surface area contributed by atoms with Gasteiger partial charge < -0.3 is 0 Å². The Hall–Kier alpha value is -1.20. The van der Waals surface area contributed by atoms with Gasteiger partial charge in [-0.2, -0.15) is 0 Å². The molecule has 0 saturated heterocycles. The lowest BCUT2D eigenvalue weighted by Gasteiger charge is -2.17. The Kier molecular flexibility index (Phi) is 4.40. The van der Waals surface area contributed by atoms with Crippen LogP contribution in [0, 0.1) is 6.92 Å². The van der Waals surface area contributed by atoms with Gasteiger partial charge in [-0.25, -0.2) is 0 Å². The molecular weight excluding hydrogens is 344 g/mol. The van der Waals surface area contributed by atoms with Crippen LogP contribution in [0.1, 0.15) is 22.7 Å². The molecule has 2 nitrogen and oxygen atoms in total. The lowest BCUT2D eigenvalue weighted by Crippen LogP contribution is -2.29. The van der Waals surface area contributed by atoms with Gasteiger partial charge in [-0.1, -0.05) is 46.3 Å². The van der Waals surface area contributed by atoms with Crippen LogP contribution < -0.4 is 11.3 Å². The molecule has 0 aliphatic rings. The number of fused-ring (bicyclic) bond motifs is 1. The summed E-state index contributed by atoms with van der Waals surface area (Å²) in [6.45, 7) is 2.10. The lowest BCUT2D eigenvalue weighted by molar-refractivity contribution is 0.553. The minimum absolute atomic E-state index is 0.120. The highest BCUT2D eigenvalue weighted by atomic mass is 79.9. The Morgan fingerprint density at radius 1 is 1.24 bits per heavy atom. The summed E-state index contributed by atoms with van der Waals surface area (Å²) in [7, 11) is 0. The van der Waals surface area contributed by atoms with E-state index in [1.807, 2.05) is 0 Å². The van der Waals surface area contributed by atoms with Crippen molar-refractivity contribution in [3.63, 3.8) is 0 Å². The SMILES string of the molecule is Cc1cc(C(Cc2csc3ccccc23)NN)ccc1Br. The Labute approximate surface area is 137 Å². The van der Waals surface area contributed by atoms with Crippen LogP contribution in [-0.2, 0) is 6.42 Å². The molecule has 0 radical (unpaired) electrons. The molecule has 0 bridgehead atoms. The van der Waals surface area contributed by atoms with Gasteiger partial charge in [0.15, 0.2) is 0 Å². The summed E-state index contributed by atoms with van der Waals surface area (Å²) in [6, 6.07) is 15.0. The molecule has 2 aromatic carbocycles. The van der Waals surface area contributed by atoms with E-state index in [1.54, 1.807) is 11.3 Å². The number of nitrogens with two attached hydrogens (primary N) is 1. The van der Waals surface area contributed by atoms with Gasteiger partial charge in [-0.05, 0) is 52.9 Å². The van der Waals surface area contributed by atoms with Gasteiger partial charge in [0, 0.05) is 9.17 Å². The first kappa shape index (κ1) is 14.7. The molecule has 1 aromatic heterocycles. The predicted molar refractivity (Wildman–Crippen MR) is 94.5 cm³/mol. The minimum atomic E-state index is 0.120. The normalized spacial score (nSPS) is 12.7. The van der Waals surface area contributed by atoms with Gasteiger partial charge in [-0.15, -0.1) is 11.3 Å². The first-order valence-corrected chi connectivity index (χ1v) is 8.53. The Bertz CT molecular complexity index is 766. The van der Waals surface area contributed by atoms with Gasteiger partial charge in [0.25, 0.3) is 0 Å². The van der Waals surface area contributed by atoms with Crippen molar-refractivity contribution in [2.75, 3.05) is 0 Å². The van der Waals surface area contributed by atoms with Crippen molar-refractivity contribution in [2.24, 2.45) is 5.84 Å². The number of hydrogen-bond donors (Lipinski definition) is 2. The second-order valence-corrected chi connectivity index (χ2v) is 6.95. The summed E-state index contributed by atoms with van der Waals surface area (Å²) in [5.41, 5.74) is 6.74. The molecule has 0 aliphatic carbocycles. The molecule has 1 atom stereocenters. The van der Waals surface area contributed by atoms with Crippen LogP contribution in [-0.4, -0.2) is 0 Å². The third-order valence-electron chi connectivity index (χ3n) is 3.77. The second kappa shape index (κ2) is 6.28. The van der Waals surface area contributed by atoms with E-state index in [0.29, 0.717) is 0 Å². The highest BCUT2D eigenvalue weighted by Crippen LogP contribution is 2.30. The van der Waals surface area contributed by atoms with E-state index in [-0.39, 0.29) is 6.04 Å². The summed E-state index contributed by atoms with van der Waals surface area (Å²) >= 11 is 5.33. The van der Waals surface area contributed by atoms with Crippen LogP contribution in [0.2, 0.25) is 0 Å². The molecule has 1 heterocycles. The zero-order valence-electron chi connectivity index (χ0n) is 11.8. The van der Waals surface area contributed by atoms with Crippen LogP contribution in [0.3, 0.4) is 0 Å². The fourth-order valence-corrected chi connectivity index (χ4v) is 3.79. The van der Waals surface area contributed by atoms with Crippen molar-refractivity contribution in [2.45, 2.75) is 19.4 Å². The van der Waals surface area contributed by atoms with Crippen molar-refractivity contribution in [3.8, 4) is 0 Å². The first-order chi connectivity index (χ1) is 10.2. The summed E-state index contributed by atoms with van der Waals surface area (Å²) < 4.78 is 2.46. The van der Waals surface area contributed by atoms with Crippen LogP contribution in [0.25, 0.3) is 10.1 Å². The second-order valence-electron chi connectivity index (χ2n) is 5.19. The first-order valence-electron chi connectivity index (χ1n) is 6.86. The largest absolute Gasteiger partial charge is 0.271 e. The lowest BCUT2D eigenvalue weighted by atomic mass is 9.98. The maximum atomic E-state index is 5.80. The highest BCUT2D eigenvalue weighted by molar-refractivity contribution is 9.10. The maximum absolute atomic E-state index is 5.80. The highest BCUT2D eigenvalue weighted by Gasteiger charge is 2.14. The minimum Gasteiger partial charge on any atom is -0.271 e. The number of rotatable bonds is 4. The molecule has 1 unspecified atom stereocenters. The molecule has 0 amide bonds. The van der Waals surface area contributed by atoms with E-state index in [0.717, 1.165) is 10.9 Å². The smallest absolute Gasteiger partial charge is 0.0500 e. The zero-order valence-corrected chi connectivity index (χ0v) is 14.2. The summed E-state index contributed by atoms with van der Waals surface area (Å²) in [6.07, 6.45) is 0.890. The van der Waals surface area contributed by atoms with E-state index in [4.69, 9.17) is 5.84 Å². The molecule has 108 valence electrons. The van der Waals surface area contributed by atoms with Crippen LogP contribution in [0.4, 0.5) is 0 Å². The molecule has 0 spiro atoms. The van der Waals surface area contributed by atoms with Crippen molar-refractivity contribution < 1.29 is 0 Å². The third kappa shape index (κ3) is 3.04. The van der Waals surface area contributed by atoms with Crippen LogP contribution >= 0.6 is 27.3 Å². The van der Waals surface area contributed by atoms with Gasteiger partial charge in [0.1, 0.15) is 0 Å². The summed E-state index contributed by atoms with van der Waals surface area (Å²) in [4.78, 5) is 0. The van der Waals surface area contributed by atoms with Crippen LogP contribution in [0.5, 0.6) is 0 Å². The number of thiophene rings is 1. The molecule has 0 aliphatic heterocycles. The van der Waals surface area contributed by atoms with Crippen LogP contribution in [0.15, 0.2) is 52.3 Å². The van der Waals surface area contributed by atoms with Crippen molar-refractivity contribution in [1.29, 1.82) is 0 Å². The standard InChI is InChI=1S/C17H17BrN2S/c1-11-8-12(6-7-15(11)18)16(20-19)9-13-10-21-17-5-3-2-4-14(13)17/h2-8,10,16,20H,9,19H2,1H3. The molecule has 3 aromatic rings. The van der Waals surface area contributed by atoms with Gasteiger partial charge in [0.2, 0.25) is 0 Å². The fourth-order valence-electron chi connectivity index (χ4n) is 2.57. The Morgan fingerprint density at radius 2 is 2.05 bits per heavy atom. The number of halogens is 1. The quantitative estimate of drug-likeness (QED) is 0.521. The summed E-state index contributed by atoms with van der Waals surface area (Å²) in [5, 5.41) is 3.57. The molecule has 3 N–H and O–H groups in total. The van der Waals surface area contributed by atoms with Gasteiger partial charge >= 0.3 is 0 Å². The number of nitrogens with one attached hydrogen (secondary N) is 1. The predicted octanol–water partition coefficient (Wildman–Crippen LogP) is 4.72. The summed E-state index contributed by atoms with van der Waals surface area (Å²) in [5.74, 6) is 5.80. The van der Waals surface area contributed by atoms with E-state index in [2.05, 4.69) is 76.1 Å². The van der Waals surface area contributed by atoms with Crippen molar-refractivity contribution >= 4 is 37.4 Å². The average molecular weight is 361 g/mol. The molecule has 21 heavy (non-hydrogen) atoms. The number of aryl methyl sites for hydroxylation is 1. The third-order valence-corrected chi connectivity index (χ3v) is 5.67. The van der Waals surface area contributed by atoms with E-state index < -0.39 is 0 Å². The average Bonchev–Trinajstić information content (AvgIpc) is 2.91. The number of benzene rings is 2. The fraction of sp³-hybridized carbons (Fsp3) is 0.176. The zero-order chi connectivity index (χ0) is 14.8. The van der Waals surface area contributed by atoms with E-state index in [1.165, 1.54) is 26.8 Å². The number of hydrogen-bond acceptors (Lipinski definition) is 3. The van der Waals surface area contributed by atoms with E-state index in [9.17, 15) is 0 Å². The van der Waals surface area contributed by atoms with Gasteiger partial charge in [-0.3, -0.25) is 11.3 Å². The maximum Gasteiger partial charge on any atom is 0.0500 e. The Morgan fingerprint density at radius 3 is 2.81 bits per heavy atom. The monoisotopic (exact) mass is 360 g/mol. The van der Waals surface area contributed by atoms with Gasteiger partial charge in [0.05, 0.1) is 6.04 Å². The Balaban J connectivity index is 1.92. The molecule has 0 fully saturated rings.